The fraction of sp³-hybridized carbons (Fsp3) is 0.133. The van der Waals surface area contributed by atoms with Crippen LogP contribution in [0.3, 0.4) is 0 Å². The lowest BCUT2D eigenvalue weighted by atomic mass is 10.3. The monoisotopic (exact) mass is 401 g/mol. The van der Waals surface area contributed by atoms with E-state index in [1.165, 1.54) is 12.1 Å². The maximum absolute atomic E-state index is 12.1. The largest absolute Gasteiger partial charge is 0.326 e. The van der Waals surface area contributed by atoms with Gasteiger partial charge in [0.15, 0.2) is 9.84 Å². The number of rotatable bonds is 5. The van der Waals surface area contributed by atoms with Crippen molar-refractivity contribution < 1.29 is 13.2 Å². The smallest absolute Gasteiger partial charge is 0.225 e. The number of benzene rings is 2. The van der Waals surface area contributed by atoms with Gasteiger partial charge in [-0.05, 0) is 48.5 Å². The molecule has 0 aliphatic rings. The lowest BCUT2D eigenvalue weighted by Gasteiger charge is -2.06. The summed E-state index contributed by atoms with van der Waals surface area (Å²) >= 11 is 9.00. The van der Waals surface area contributed by atoms with Gasteiger partial charge in [-0.25, -0.2) is 8.42 Å². The predicted molar refractivity (Wildman–Crippen MR) is 90.9 cm³/mol. The molecule has 0 saturated carbocycles. The minimum Gasteiger partial charge on any atom is -0.326 e. The first-order valence-corrected chi connectivity index (χ1v) is 9.23. The molecule has 0 bridgehead atoms. The molecule has 0 atom stereocenters. The summed E-state index contributed by atoms with van der Waals surface area (Å²) in [6.45, 7) is 0. The Morgan fingerprint density at radius 3 is 2.23 bits per heavy atom. The summed E-state index contributed by atoms with van der Waals surface area (Å²) in [5.74, 6) is -0.600. The standard InChI is InChI=1S/C15H13BrClNO3S/c16-11-1-7-14(8-2-11)22(20,21)10-9-15(19)18-13-5-3-12(17)4-6-13/h1-8H,9-10H2,(H,18,19). The van der Waals surface area contributed by atoms with E-state index in [9.17, 15) is 13.2 Å². The third-order valence-corrected chi connectivity index (χ3v) is 5.41. The van der Waals surface area contributed by atoms with Crippen molar-refractivity contribution in [2.45, 2.75) is 11.3 Å². The van der Waals surface area contributed by atoms with Crippen LogP contribution in [0.4, 0.5) is 5.69 Å². The van der Waals surface area contributed by atoms with E-state index in [0.717, 1.165) is 4.47 Å². The maximum Gasteiger partial charge on any atom is 0.225 e. The number of hydrogen-bond acceptors (Lipinski definition) is 3. The molecule has 2 aromatic rings. The summed E-state index contributed by atoms with van der Waals surface area (Å²) in [7, 11) is -3.47. The predicted octanol–water partition coefficient (Wildman–Crippen LogP) is 3.91. The van der Waals surface area contributed by atoms with Crippen LogP contribution < -0.4 is 5.32 Å². The molecule has 0 radical (unpaired) electrons. The molecule has 1 N–H and O–H groups in total. The Bertz CT molecular complexity index is 758. The summed E-state index contributed by atoms with van der Waals surface area (Å²) in [6, 6.07) is 12.9. The zero-order valence-corrected chi connectivity index (χ0v) is 14.6. The van der Waals surface area contributed by atoms with Crippen molar-refractivity contribution in [1.29, 1.82) is 0 Å². The van der Waals surface area contributed by atoms with E-state index in [1.807, 2.05) is 0 Å². The van der Waals surface area contributed by atoms with Gasteiger partial charge in [-0.3, -0.25) is 4.79 Å². The van der Waals surface area contributed by atoms with Gasteiger partial charge >= 0.3 is 0 Å². The number of halogens is 2. The Morgan fingerprint density at radius 1 is 1.05 bits per heavy atom. The van der Waals surface area contributed by atoms with Gasteiger partial charge < -0.3 is 5.32 Å². The van der Waals surface area contributed by atoms with E-state index in [2.05, 4.69) is 21.2 Å². The first-order chi connectivity index (χ1) is 10.4. The molecule has 0 unspecified atom stereocenters. The fourth-order valence-corrected chi connectivity index (χ4v) is 3.37. The van der Waals surface area contributed by atoms with E-state index in [0.29, 0.717) is 10.7 Å². The maximum atomic E-state index is 12.1. The molecule has 0 fully saturated rings. The molecule has 7 heteroatoms. The van der Waals surface area contributed by atoms with Crippen LogP contribution in [-0.2, 0) is 14.6 Å². The normalized spacial score (nSPS) is 11.2. The zero-order chi connectivity index (χ0) is 16.2. The number of anilines is 1. The molecule has 0 aromatic heterocycles. The van der Waals surface area contributed by atoms with E-state index in [-0.39, 0.29) is 23.0 Å². The van der Waals surface area contributed by atoms with Gasteiger partial charge in [0.25, 0.3) is 0 Å². The van der Waals surface area contributed by atoms with Crippen LogP contribution in [0, 0.1) is 0 Å². The molecule has 0 saturated heterocycles. The third-order valence-electron chi connectivity index (χ3n) is 2.90. The highest BCUT2D eigenvalue weighted by Gasteiger charge is 2.16. The van der Waals surface area contributed by atoms with Crippen LogP contribution in [0.15, 0.2) is 57.9 Å². The Morgan fingerprint density at radius 2 is 1.64 bits per heavy atom. The summed E-state index contributed by atoms with van der Waals surface area (Å²) in [5.41, 5.74) is 0.579. The number of carbonyl (C=O) groups excluding carboxylic acids is 1. The second-order valence-electron chi connectivity index (χ2n) is 4.58. The summed E-state index contributed by atoms with van der Waals surface area (Å²) in [4.78, 5) is 12.0. The van der Waals surface area contributed by atoms with Gasteiger partial charge in [-0.15, -0.1) is 0 Å². The summed E-state index contributed by atoms with van der Waals surface area (Å²) in [6.07, 6.45) is -0.110. The van der Waals surface area contributed by atoms with Gasteiger partial charge in [0.05, 0.1) is 10.6 Å². The zero-order valence-electron chi connectivity index (χ0n) is 11.4. The quantitative estimate of drug-likeness (QED) is 0.825. The van der Waals surface area contributed by atoms with Crippen molar-refractivity contribution in [3.63, 3.8) is 0 Å². The topological polar surface area (TPSA) is 63.2 Å². The van der Waals surface area contributed by atoms with E-state index in [4.69, 9.17) is 11.6 Å². The Balaban J connectivity index is 1.95. The molecule has 2 aromatic carbocycles. The molecule has 2 rings (SSSR count). The minimum absolute atomic E-state index is 0.110. The van der Waals surface area contributed by atoms with E-state index < -0.39 is 9.84 Å². The molecule has 4 nitrogen and oxygen atoms in total. The molecular weight excluding hydrogens is 390 g/mol. The molecule has 22 heavy (non-hydrogen) atoms. The Hall–Kier alpha value is -1.37. The van der Waals surface area contributed by atoms with Gasteiger partial charge in [0.2, 0.25) is 5.91 Å². The number of carbonyl (C=O) groups is 1. The first kappa shape index (κ1) is 17.0. The third kappa shape index (κ3) is 4.83. The second kappa shape index (κ2) is 7.26. The van der Waals surface area contributed by atoms with Gasteiger partial charge in [0.1, 0.15) is 0 Å². The highest BCUT2D eigenvalue weighted by atomic mass is 79.9. The molecule has 0 heterocycles. The number of amides is 1. The second-order valence-corrected chi connectivity index (χ2v) is 8.04. The molecule has 0 aliphatic heterocycles. The summed E-state index contributed by atoms with van der Waals surface area (Å²) < 4.78 is 25.1. The molecule has 0 aliphatic carbocycles. The van der Waals surface area contributed by atoms with Crippen LogP contribution in [0.25, 0.3) is 0 Å². The molecule has 0 spiro atoms. The highest BCUT2D eigenvalue weighted by molar-refractivity contribution is 9.10. The molecule has 1 amide bonds. The van der Waals surface area contributed by atoms with Gasteiger partial charge in [-0.2, -0.15) is 0 Å². The average molecular weight is 403 g/mol. The van der Waals surface area contributed by atoms with Crippen molar-refractivity contribution >= 4 is 49.0 Å². The van der Waals surface area contributed by atoms with Crippen molar-refractivity contribution in [2.75, 3.05) is 11.1 Å². The average Bonchev–Trinajstić information content (AvgIpc) is 2.48. The van der Waals surface area contributed by atoms with Crippen LogP contribution >= 0.6 is 27.5 Å². The van der Waals surface area contributed by atoms with Crippen molar-refractivity contribution in [1.82, 2.24) is 0 Å². The van der Waals surface area contributed by atoms with Crippen LogP contribution in [0.1, 0.15) is 6.42 Å². The van der Waals surface area contributed by atoms with Gasteiger partial charge in [-0.1, -0.05) is 27.5 Å². The Kier molecular flexibility index (Phi) is 5.61. The van der Waals surface area contributed by atoms with Crippen LogP contribution in [0.5, 0.6) is 0 Å². The number of sulfone groups is 1. The molecule has 116 valence electrons. The van der Waals surface area contributed by atoms with Crippen molar-refractivity contribution in [3.8, 4) is 0 Å². The number of hydrogen-bond donors (Lipinski definition) is 1. The van der Waals surface area contributed by atoms with Crippen LogP contribution in [0.2, 0.25) is 5.02 Å². The SMILES string of the molecule is O=C(CCS(=O)(=O)c1ccc(Br)cc1)Nc1ccc(Cl)cc1. The summed E-state index contributed by atoms with van der Waals surface area (Å²) in [5, 5.41) is 3.20. The van der Waals surface area contributed by atoms with E-state index >= 15 is 0 Å². The van der Waals surface area contributed by atoms with Crippen LogP contribution in [-0.4, -0.2) is 20.1 Å². The van der Waals surface area contributed by atoms with E-state index in [1.54, 1.807) is 36.4 Å². The molecular formula is C15H13BrClNO3S. The van der Waals surface area contributed by atoms with Crippen molar-refractivity contribution in [2.24, 2.45) is 0 Å². The first-order valence-electron chi connectivity index (χ1n) is 6.40. The van der Waals surface area contributed by atoms with Gasteiger partial charge in [0, 0.05) is 21.6 Å². The Labute approximate surface area is 142 Å². The highest BCUT2D eigenvalue weighted by Crippen LogP contribution is 2.17. The lowest BCUT2D eigenvalue weighted by Crippen LogP contribution is -2.17. The number of nitrogens with one attached hydrogen (secondary N) is 1. The fourth-order valence-electron chi connectivity index (χ4n) is 1.74. The minimum atomic E-state index is -3.47. The van der Waals surface area contributed by atoms with Crippen molar-refractivity contribution in [3.05, 3.63) is 58.0 Å². The lowest BCUT2D eigenvalue weighted by molar-refractivity contribution is -0.115.